The molecule has 0 aromatic heterocycles. The Morgan fingerprint density at radius 3 is 2.26 bits per heavy atom. The molecule has 186 valence electrons. The number of ether oxygens (including phenoxy) is 1. The van der Waals surface area contributed by atoms with Gasteiger partial charge >= 0.3 is 12.1 Å². The summed E-state index contributed by atoms with van der Waals surface area (Å²) in [6, 6.07) is 16.5. The van der Waals surface area contributed by atoms with Crippen LogP contribution in [0.15, 0.2) is 48.5 Å². The lowest BCUT2D eigenvalue weighted by molar-refractivity contribution is -0.143. The van der Waals surface area contributed by atoms with Crippen molar-refractivity contribution in [2.45, 2.75) is 50.9 Å². The fourth-order valence-electron chi connectivity index (χ4n) is 5.37. The van der Waals surface area contributed by atoms with E-state index in [0.717, 1.165) is 32.1 Å². The van der Waals surface area contributed by atoms with E-state index in [1.807, 2.05) is 24.3 Å². The van der Waals surface area contributed by atoms with Crippen LogP contribution in [0.3, 0.4) is 0 Å². The summed E-state index contributed by atoms with van der Waals surface area (Å²) in [5, 5.41) is 14.9. The molecule has 7 heteroatoms. The summed E-state index contributed by atoms with van der Waals surface area (Å²) >= 11 is 0. The van der Waals surface area contributed by atoms with Gasteiger partial charge in [0.05, 0.1) is 5.92 Å². The minimum atomic E-state index is -0.759. The summed E-state index contributed by atoms with van der Waals surface area (Å²) < 4.78 is 5.53. The molecule has 0 heterocycles. The number of rotatable bonds is 11. The number of alkyl carbamates (subject to hydrolysis) is 1. The summed E-state index contributed by atoms with van der Waals surface area (Å²) in [7, 11) is 0. The number of carboxylic acids is 1. The van der Waals surface area contributed by atoms with E-state index >= 15 is 0 Å². The predicted molar refractivity (Wildman–Crippen MR) is 133 cm³/mol. The zero-order valence-corrected chi connectivity index (χ0v) is 20.0. The molecule has 7 nitrogen and oxygen atoms in total. The number of unbranched alkanes of at least 4 members (excludes halogenated alkanes) is 2. The van der Waals surface area contributed by atoms with Crippen LogP contribution in [0.25, 0.3) is 11.1 Å². The molecule has 2 aromatic rings. The molecule has 3 N–H and O–H groups in total. The van der Waals surface area contributed by atoms with Gasteiger partial charge in [0.1, 0.15) is 6.61 Å². The first-order chi connectivity index (χ1) is 17.0. The molecule has 2 atom stereocenters. The Balaban J connectivity index is 1.09. The molecular weight excluding hydrogens is 444 g/mol. The lowest BCUT2D eigenvalue weighted by Crippen LogP contribution is -2.32. The van der Waals surface area contributed by atoms with Crippen LogP contribution in [0.1, 0.15) is 62.0 Å². The number of fused-ring (bicyclic) bond motifs is 3. The summed E-state index contributed by atoms with van der Waals surface area (Å²) in [6.07, 6.45) is 4.77. The van der Waals surface area contributed by atoms with Gasteiger partial charge < -0.3 is 20.5 Å². The molecular formula is C28H34N2O5. The molecule has 0 aliphatic heterocycles. The molecule has 1 saturated carbocycles. The van der Waals surface area contributed by atoms with Gasteiger partial charge in [0.25, 0.3) is 0 Å². The van der Waals surface area contributed by atoms with E-state index in [9.17, 15) is 19.5 Å². The van der Waals surface area contributed by atoms with Gasteiger partial charge in [-0.3, -0.25) is 9.59 Å². The maximum absolute atomic E-state index is 12.2. The number of hydrogen-bond acceptors (Lipinski definition) is 4. The normalized spacial score (nSPS) is 18.5. The highest BCUT2D eigenvalue weighted by Gasteiger charge is 2.33. The number of hydrogen-bond donors (Lipinski definition) is 3. The zero-order chi connectivity index (χ0) is 24.6. The van der Waals surface area contributed by atoms with E-state index in [1.54, 1.807) is 0 Å². The number of aliphatic carboxylic acids is 1. The fraction of sp³-hybridized carbons (Fsp3) is 0.464. The van der Waals surface area contributed by atoms with Gasteiger partial charge in [-0.1, -0.05) is 61.4 Å². The van der Waals surface area contributed by atoms with Crippen molar-refractivity contribution >= 4 is 18.0 Å². The van der Waals surface area contributed by atoms with Crippen LogP contribution in [-0.2, 0) is 14.3 Å². The third-order valence-electron chi connectivity index (χ3n) is 7.23. The van der Waals surface area contributed by atoms with Crippen LogP contribution in [0, 0.1) is 11.8 Å². The minimum Gasteiger partial charge on any atom is -0.481 e. The Labute approximate surface area is 206 Å². The van der Waals surface area contributed by atoms with Crippen molar-refractivity contribution in [3.63, 3.8) is 0 Å². The van der Waals surface area contributed by atoms with Gasteiger partial charge in [0, 0.05) is 25.4 Å². The number of amides is 2. The summed E-state index contributed by atoms with van der Waals surface area (Å²) in [5.74, 6) is -1.05. The second-order valence-corrected chi connectivity index (χ2v) is 9.50. The highest BCUT2D eigenvalue weighted by Crippen LogP contribution is 2.44. The molecule has 2 aliphatic carbocycles. The Morgan fingerprint density at radius 1 is 0.886 bits per heavy atom. The van der Waals surface area contributed by atoms with Gasteiger partial charge in [-0.2, -0.15) is 0 Å². The smallest absolute Gasteiger partial charge is 0.407 e. The molecule has 2 aromatic carbocycles. The molecule has 0 saturated heterocycles. The average molecular weight is 479 g/mol. The quantitative estimate of drug-likeness (QED) is 0.406. The second kappa shape index (κ2) is 11.9. The van der Waals surface area contributed by atoms with Crippen LogP contribution in [0.2, 0.25) is 0 Å². The number of carboxylic acid groups (broad SMARTS) is 1. The van der Waals surface area contributed by atoms with Gasteiger partial charge in [-0.05, 0) is 53.9 Å². The Hall–Kier alpha value is -3.35. The van der Waals surface area contributed by atoms with Crippen LogP contribution in [0.4, 0.5) is 4.79 Å². The molecule has 1 fully saturated rings. The van der Waals surface area contributed by atoms with Crippen LogP contribution in [-0.4, -0.2) is 42.8 Å². The van der Waals surface area contributed by atoms with Crippen molar-refractivity contribution in [1.29, 1.82) is 0 Å². The molecule has 2 unspecified atom stereocenters. The molecule has 35 heavy (non-hydrogen) atoms. The maximum Gasteiger partial charge on any atom is 0.407 e. The molecule has 2 amide bonds. The Morgan fingerprint density at radius 2 is 1.57 bits per heavy atom. The molecule has 4 rings (SSSR count). The van der Waals surface area contributed by atoms with Crippen LogP contribution < -0.4 is 10.6 Å². The Kier molecular flexibility index (Phi) is 8.40. The third kappa shape index (κ3) is 6.21. The van der Waals surface area contributed by atoms with E-state index < -0.39 is 12.1 Å². The molecule has 2 aliphatic rings. The zero-order valence-electron chi connectivity index (χ0n) is 20.0. The third-order valence-corrected chi connectivity index (χ3v) is 7.23. The van der Waals surface area contributed by atoms with Crippen molar-refractivity contribution < 1.29 is 24.2 Å². The van der Waals surface area contributed by atoms with Gasteiger partial charge in [0.15, 0.2) is 0 Å². The predicted octanol–water partition coefficient (Wildman–Crippen LogP) is 4.70. The lowest BCUT2D eigenvalue weighted by Gasteiger charge is -2.16. The van der Waals surface area contributed by atoms with Crippen LogP contribution in [0.5, 0.6) is 0 Å². The fourth-order valence-corrected chi connectivity index (χ4v) is 5.37. The van der Waals surface area contributed by atoms with Gasteiger partial charge in [-0.25, -0.2) is 4.79 Å². The van der Waals surface area contributed by atoms with Crippen molar-refractivity contribution in [2.24, 2.45) is 11.8 Å². The summed E-state index contributed by atoms with van der Waals surface area (Å²) in [5.41, 5.74) is 4.77. The molecule has 0 bridgehead atoms. The largest absolute Gasteiger partial charge is 0.481 e. The van der Waals surface area contributed by atoms with Crippen molar-refractivity contribution in [2.75, 3.05) is 19.7 Å². The number of benzene rings is 2. The van der Waals surface area contributed by atoms with Crippen molar-refractivity contribution in [3.05, 3.63) is 59.7 Å². The first-order valence-corrected chi connectivity index (χ1v) is 12.6. The van der Waals surface area contributed by atoms with Gasteiger partial charge in [-0.15, -0.1) is 0 Å². The molecule has 0 radical (unpaired) electrons. The summed E-state index contributed by atoms with van der Waals surface area (Å²) in [4.78, 5) is 35.5. The monoisotopic (exact) mass is 478 g/mol. The first-order valence-electron chi connectivity index (χ1n) is 12.6. The second-order valence-electron chi connectivity index (χ2n) is 9.50. The van der Waals surface area contributed by atoms with E-state index in [2.05, 4.69) is 34.9 Å². The summed E-state index contributed by atoms with van der Waals surface area (Å²) in [6.45, 7) is 1.24. The van der Waals surface area contributed by atoms with E-state index in [4.69, 9.17) is 4.74 Å². The SMILES string of the molecule is O=C(CCCCCNC(=O)OCC1c2ccccc2-c2ccccc21)NCC1CCCC1C(=O)O. The molecule has 0 spiro atoms. The van der Waals surface area contributed by atoms with E-state index in [-0.39, 0.29) is 23.7 Å². The standard InChI is InChI=1S/C28H34N2O5/c31-26(30-17-19-9-8-14-20(19)27(32)33)15-2-1-7-16-29-28(34)35-18-25-23-12-5-3-10-21(23)22-11-4-6-13-24(22)25/h3-6,10-13,19-20,25H,1-2,7-9,14-18H2,(H,29,34)(H,30,31)(H,32,33). The van der Waals surface area contributed by atoms with Gasteiger partial charge in [0.2, 0.25) is 5.91 Å². The maximum atomic E-state index is 12.2. The van der Waals surface area contributed by atoms with Crippen LogP contribution >= 0.6 is 0 Å². The van der Waals surface area contributed by atoms with E-state index in [0.29, 0.717) is 32.5 Å². The number of carbonyl (C=O) groups is 3. The highest BCUT2D eigenvalue weighted by atomic mass is 16.5. The minimum absolute atomic E-state index is 0.0365. The Bertz CT molecular complexity index is 1010. The average Bonchev–Trinajstić information content (AvgIpc) is 3.46. The number of nitrogens with one attached hydrogen (secondary N) is 2. The first kappa shape index (κ1) is 24.8. The van der Waals surface area contributed by atoms with Crippen molar-refractivity contribution in [1.82, 2.24) is 10.6 Å². The highest BCUT2D eigenvalue weighted by molar-refractivity contribution is 5.79. The lowest BCUT2D eigenvalue weighted by atomic mass is 9.96. The van der Waals surface area contributed by atoms with Crippen molar-refractivity contribution in [3.8, 4) is 11.1 Å². The number of carbonyl (C=O) groups excluding carboxylic acids is 2. The topological polar surface area (TPSA) is 105 Å². The van der Waals surface area contributed by atoms with E-state index in [1.165, 1.54) is 22.3 Å².